The summed E-state index contributed by atoms with van der Waals surface area (Å²) in [5.41, 5.74) is 1.59. The van der Waals surface area contributed by atoms with Crippen LogP contribution in [0.3, 0.4) is 0 Å². The van der Waals surface area contributed by atoms with Gasteiger partial charge in [-0.15, -0.1) is 6.58 Å². The van der Waals surface area contributed by atoms with Crippen LogP contribution in [0.1, 0.15) is 12.5 Å². The molecule has 0 aromatic heterocycles. The van der Waals surface area contributed by atoms with E-state index >= 15 is 0 Å². The standard InChI is InChI=1S/C18H28FN5/c1-4-8-21-18(20-3)22-14-15-6-7-17(16(19)13-15)24-11-9-23(5-2)10-12-24/h4,6-7,13H,1,5,8-12,14H2,2-3H3,(H2,20,21,22). The molecule has 1 fully saturated rings. The first-order valence-electron chi connectivity index (χ1n) is 8.49. The molecule has 5 nitrogen and oxygen atoms in total. The molecule has 6 heteroatoms. The summed E-state index contributed by atoms with van der Waals surface area (Å²) in [5.74, 6) is 0.517. The Kier molecular flexibility index (Phi) is 7.06. The van der Waals surface area contributed by atoms with Gasteiger partial charge in [0.25, 0.3) is 0 Å². The van der Waals surface area contributed by atoms with Crippen LogP contribution in [0.4, 0.5) is 10.1 Å². The smallest absolute Gasteiger partial charge is 0.191 e. The van der Waals surface area contributed by atoms with Crippen molar-refractivity contribution in [3.8, 4) is 0 Å². The maximum absolute atomic E-state index is 14.5. The first kappa shape index (κ1) is 18.3. The zero-order valence-corrected chi connectivity index (χ0v) is 14.7. The maximum atomic E-state index is 14.5. The van der Waals surface area contributed by atoms with Crippen molar-refractivity contribution in [1.82, 2.24) is 15.5 Å². The van der Waals surface area contributed by atoms with Crippen molar-refractivity contribution in [3.05, 3.63) is 42.2 Å². The van der Waals surface area contributed by atoms with Gasteiger partial charge in [0.05, 0.1) is 5.69 Å². The molecule has 1 aromatic carbocycles. The SMILES string of the molecule is C=CCNC(=NC)NCc1ccc(N2CCN(CC)CC2)c(F)c1. The predicted octanol–water partition coefficient (Wildman–Crippen LogP) is 1.82. The summed E-state index contributed by atoms with van der Waals surface area (Å²) in [5, 5.41) is 6.26. The summed E-state index contributed by atoms with van der Waals surface area (Å²) >= 11 is 0. The first-order valence-corrected chi connectivity index (χ1v) is 8.49. The van der Waals surface area contributed by atoms with E-state index in [0.717, 1.165) is 38.3 Å². The number of benzene rings is 1. The van der Waals surface area contributed by atoms with Gasteiger partial charge in [-0.1, -0.05) is 19.1 Å². The second-order valence-electron chi connectivity index (χ2n) is 5.80. The predicted molar refractivity (Wildman–Crippen MR) is 99.1 cm³/mol. The van der Waals surface area contributed by atoms with Gasteiger partial charge in [-0.2, -0.15) is 0 Å². The van der Waals surface area contributed by atoms with Gasteiger partial charge in [0.1, 0.15) is 5.82 Å². The zero-order chi connectivity index (χ0) is 17.4. The molecule has 1 saturated heterocycles. The second kappa shape index (κ2) is 9.27. The Morgan fingerprint density at radius 2 is 2.04 bits per heavy atom. The number of guanidine groups is 1. The van der Waals surface area contributed by atoms with E-state index in [1.807, 2.05) is 12.1 Å². The van der Waals surface area contributed by atoms with E-state index in [0.29, 0.717) is 24.7 Å². The monoisotopic (exact) mass is 333 g/mol. The van der Waals surface area contributed by atoms with Crippen molar-refractivity contribution < 1.29 is 4.39 Å². The van der Waals surface area contributed by atoms with Crippen molar-refractivity contribution in [2.45, 2.75) is 13.5 Å². The van der Waals surface area contributed by atoms with Crippen LogP contribution >= 0.6 is 0 Å². The minimum Gasteiger partial charge on any atom is -0.367 e. The van der Waals surface area contributed by atoms with E-state index < -0.39 is 0 Å². The highest BCUT2D eigenvalue weighted by Crippen LogP contribution is 2.22. The third-order valence-corrected chi connectivity index (χ3v) is 4.27. The molecular formula is C18H28FN5. The minimum absolute atomic E-state index is 0.159. The first-order chi connectivity index (χ1) is 11.7. The van der Waals surface area contributed by atoms with Crippen LogP contribution in [0.2, 0.25) is 0 Å². The molecular weight excluding hydrogens is 305 g/mol. The lowest BCUT2D eigenvalue weighted by Crippen LogP contribution is -2.46. The van der Waals surface area contributed by atoms with Crippen LogP contribution < -0.4 is 15.5 Å². The normalized spacial score (nSPS) is 16.1. The number of anilines is 1. The van der Waals surface area contributed by atoms with E-state index in [1.165, 1.54) is 0 Å². The summed E-state index contributed by atoms with van der Waals surface area (Å²) in [7, 11) is 1.71. The minimum atomic E-state index is -0.159. The Bertz CT molecular complexity index is 565. The number of halogens is 1. The number of likely N-dealkylation sites (N-methyl/N-ethyl adjacent to an activating group) is 1. The molecule has 0 spiro atoms. The van der Waals surface area contributed by atoms with Crippen LogP contribution in [-0.2, 0) is 6.54 Å². The van der Waals surface area contributed by atoms with Gasteiger partial charge in [0.2, 0.25) is 0 Å². The molecule has 1 aliphatic rings. The van der Waals surface area contributed by atoms with Crippen LogP contribution in [0, 0.1) is 5.82 Å². The summed E-state index contributed by atoms with van der Waals surface area (Å²) in [6.07, 6.45) is 1.76. The molecule has 0 aliphatic carbocycles. The molecule has 0 unspecified atom stereocenters. The fourth-order valence-corrected chi connectivity index (χ4v) is 2.80. The van der Waals surface area contributed by atoms with Crippen LogP contribution in [0.5, 0.6) is 0 Å². The number of rotatable bonds is 6. The average Bonchev–Trinajstić information content (AvgIpc) is 2.62. The Morgan fingerprint density at radius 3 is 2.62 bits per heavy atom. The average molecular weight is 333 g/mol. The third kappa shape index (κ3) is 4.96. The van der Waals surface area contributed by atoms with Crippen molar-refractivity contribution >= 4 is 11.6 Å². The summed E-state index contributed by atoms with van der Waals surface area (Å²) in [6, 6.07) is 5.46. The van der Waals surface area contributed by atoms with Crippen molar-refractivity contribution in [1.29, 1.82) is 0 Å². The van der Waals surface area contributed by atoms with Crippen molar-refractivity contribution in [3.63, 3.8) is 0 Å². The molecule has 2 N–H and O–H groups in total. The highest BCUT2D eigenvalue weighted by Gasteiger charge is 2.18. The Morgan fingerprint density at radius 1 is 1.29 bits per heavy atom. The van der Waals surface area contributed by atoms with E-state index in [1.54, 1.807) is 19.2 Å². The van der Waals surface area contributed by atoms with Crippen molar-refractivity contribution in [2.24, 2.45) is 4.99 Å². The van der Waals surface area contributed by atoms with Gasteiger partial charge in [-0.05, 0) is 24.2 Å². The number of nitrogens with one attached hydrogen (secondary N) is 2. The molecule has 0 saturated carbocycles. The van der Waals surface area contributed by atoms with Gasteiger partial charge >= 0.3 is 0 Å². The lowest BCUT2D eigenvalue weighted by atomic mass is 10.1. The Hall–Kier alpha value is -2.08. The van der Waals surface area contributed by atoms with Gasteiger partial charge in [0.15, 0.2) is 5.96 Å². The van der Waals surface area contributed by atoms with E-state index in [-0.39, 0.29) is 5.82 Å². The van der Waals surface area contributed by atoms with E-state index in [2.05, 4.69) is 38.9 Å². The summed E-state index contributed by atoms with van der Waals surface area (Å²) in [6.45, 7) is 11.8. The highest BCUT2D eigenvalue weighted by atomic mass is 19.1. The number of piperazine rings is 1. The Balaban J connectivity index is 1.93. The largest absolute Gasteiger partial charge is 0.367 e. The zero-order valence-electron chi connectivity index (χ0n) is 14.7. The van der Waals surface area contributed by atoms with E-state index in [9.17, 15) is 4.39 Å². The fourth-order valence-electron chi connectivity index (χ4n) is 2.80. The molecule has 1 aromatic rings. The molecule has 0 radical (unpaired) electrons. The molecule has 2 rings (SSSR count). The maximum Gasteiger partial charge on any atom is 0.191 e. The number of aliphatic imine (C=N–C) groups is 1. The number of hydrogen-bond donors (Lipinski definition) is 2. The summed E-state index contributed by atoms with van der Waals surface area (Å²) in [4.78, 5) is 8.62. The molecule has 1 heterocycles. The van der Waals surface area contributed by atoms with Gasteiger partial charge in [-0.25, -0.2) is 4.39 Å². The summed E-state index contributed by atoms with van der Waals surface area (Å²) < 4.78 is 14.5. The molecule has 0 atom stereocenters. The van der Waals surface area contributed by atoms with Crippen molar-refractivity contribution in [2.75, 3.05) is 51.2 Å². The second-order valence-corrected chi connectivity index (χ2v) is 5.80. The van der Waals surface area contributed by atoms with Gasteiger partial charge in [-0.3, -0.25) is 4.99 Å². The molecule has 0 bridgehead atoms. The molecule has 132 valence electrons. The van der Waals surface area contributed by atoms with Crippen LogP contribution in [0.25, 0.3) is 0 Å². The van der Waals surface area contributed by atoms with Gasteiger partial charge in [0, 0.05) is 46.3 Å². The van der Waals surface area contributed by atoms with Crippen LogP contribution in [-0.4, -0.2) is 57.2 Å². The molecule has 1 aliphatic heterocycles. The molecule has 24 heavy (non-hydrogen) atoms. The number of hydrogen-bond acceptors (Lipinski definition) is 3. The molecule has 0 amide bonds. The number of nitrogens with zero attached hydrogens (tertiary/aromatic N) is 3. The quantitative estimate of drug-likeness (QED) is 0.473. The topological polar surface area (TPSA) is 42.9 Å². The van der Waals surface area contributed by atoms with Crippen LogP contribution in [0.15, 0.2) is 35.8 Å². The highest BCUT2D eigenvalue weighted by molar-refractivity contribution is 5.79. The Labute approximate surface area is 144 Å². The lowest BCUT2D eigenvalue weighted by Gasteiger charge is -2.35. The fraction of sp³-hybridized carbons (Fsp3) is 0.500. The third-order valence-electron chi connectivity index (χ3n) is 4.27. The van der Waals surface area contributed by atoms with E-state index in [4.69, 9.17) is 0 Å². The lowest BCUT2D eigenvalue weighted by molar-refractivity contribution is 0.270. The van der Waals surface area contributed by atoms with Gasteiger partial charge < -0.3 is 20.4 Å².